The molecule has 4 aromatic rings. The lowest BCUT2D eigenvalue weighted by molar-refractivity contribution is -0.118. The first kappa shape index (κ1) is 21.1. The van der Waals surface area contributed by atoms with Gasteiger partial charge in [-0.05, 0) is 54.1 Å². The van der Waals surface area contributed by atoms with Crippen molar-refractivity contribution in [3.05, 3.63) is 99.6 Å². The third-order valence-corrected chi connectivity index (χ3v) is 5.71. The molecule has 31 heavy (non-hydrogen) atoms. The molecule has 0 aliphatic rings. The van der Waals surface area contributed by atoms with E-state index in [0.29, 0.717) is 33.3 Å². The monoisotopic (exact) mass is 453 g/mol. The number of hydrogen-bond donors (Lipinski definition) is 1. The predicted molar refractivity (Wildman–Crippen MR) is 121 cm³/mol. The fourth-order valence-corrected chi connectivity index (χ4v) is 4.11. The van der Waals surface area contributed by atoms with Gasteiger partial charge in [-0.1, -0.05) is 47.6 Å². The number of halogens is 2. The third-order valence-electron chi connectivity index (χ3n) is 4.54. The highest BCUT2D eigenvalue weighted by molar-refractivity contribution is 7.99. The van der Waals surface area contributed by atoms with E-state index in [-0.39, 0.29) is 17.2 Å². The van der Waals surface area contributed by atoms with Gasteiger partial charge in [-0.3, -0.25) is 14.2 Å². The smallest absolute Gasteiger partial charge is 0.266 e. The second-order valence-electron chi connectivity index (χ2n) is 6.72. The summed E-state index contributed by atoms with van der Waals surface area (Å²) in [5, 5.41) is 4.23. The molecule has 5 nitrogen and oxygen atoms in total. The first-order valence-corrected chi connectivity index (χ1v) is 10.8. The first-order chi connectivity index (χ1) is 15.0. The lowest BCUT2D eigenvalue weighted by atomic mass is 10.2. The SMILES string of the molecule is O=C(CSc1nc2ccccc2c(=O)n1-c1ccc(F)cc1)NCc1cccc(Cl)c1. The molecule has 0 saturated carbocycles. The van der Waals surface area contributed by atoms with E-state index in [9.17, 15) is 14.0 Å². The summed E-state index contributed by atoms with van der Waals surface area (Å²) in [6.07, 6.45) is 0. The van der Waals surface area contributed by atoms with Crippen LogP contribution in [0.2, 0.25) is 5.02 Å². The van der Waals surface area contributed by atoms with Crippen molar-refractivity contribution >= 4 is 40.2 Å². The highest BCUT2D eigenvalue weighted by Gasteiger charge is 2.15. The van der Waals surface area contributed by atoms with Crippen molar-refractivity contribution in [2.75, 3.05) is 5.75 Å². The van der Waals surface area contributed by atoms with Gasteiger partial charge in [0.2, 0.25) is 5.91 Å². The van der Waals surface area contributed by atoms with Gasteiger partial charge in [0.25, 0.3) is 5.56 Å². The van der Waals surface area contributed by atoms with E-state index in [0.717, 1.165) is 17.3 Å². The molecule has 0 atom stereocenters. The van der Waals surface area contributed by atoms with E-state index in [2.05, 4.69) is 10.3 Å². The molecule has 0 spiro atoms. The molecule has 8 heteroatoms. The van der Waals surface area contributed by atoms with Crippen molar-refractivity contribution in [3.8, 4) is 5.69 Å². The van der Waals surface area contributed by atoms with E-state index >= 15 is 0 Å². The van der Waals surface area contributed by atoms with Crippen LogP contribution < -0.4 is 10.9 Å². The van der Waals surface area contributed by atoms with Crippen LogP contribution in [0.4, 0.5) is 4.39 Å². The molecular weight excluding hydrogens is 437 g/mol. The van der Waals surface area contributed by atoms with Gasteiger partial charge in [0.1, 0.15) is 5.82 Å². The van der Waals surface area contributed by atoms with Crippen molar-refractivity contribution in [3.63, 3.8) is 0 Å². The maximum Gasteiger partial charge on any atom is 0.266 e. The molecule has 0 bridgehead atoms. The Labute approximate surface area is 186 Å². The number of thioether (sulfide) groups is 1. The van der Waals surface area contributed by atoms with Gasteiger partial charge < -0.3 is 5.32 Å². The summed E-state index contributed by atoms with van der Waals surface area (Å²) in [7, 11) is 0. The number of amides is 1. The van der Waals surface area contributed by atoms with Gasteiger partial charge in [0.05, 0.1) is 22.3 Å². The molecular formula is C23H17ClFN3O2S. The molecule has 1 N–H and O–H groups in total. The molecule has 0 fully saturated rings. The van der Waals surface area contributed by atoms with Crippen molar-refractivity contribution in [1.29, 1.82) is 0 Å². The van der Waals surface area contributed by atoms with Crippen LogP contribution in [-0.2, 0) is 11.3 Å². The maximum atomic E-state index is 13.4. The zero-order valence-electron chi connectivity index (χ0n) is 16.2. The normalized spacial score (nSPS) is 10.9. The number of nitrogens with zero attached hydrogens (tertiary/aromatic N) is 2. The molecule has 0 unspecified atom stereocenters. The highest BCUT2D eigenvalue weighted by Crippen LogP contribution is 2.21. The molecule has 0 saturated heterocycles. The van der Waals surface area contributed by atoms with Crippen molar-refractivity contribution < 1.29 is 9.18 Å². The van der Waals surface area contributed by atoms with Crippen molar-refractivity contribution in [2.24, 2.45) is 0 Å². The Morgan fingerprint density at radius 3 is 2.61 bits per heavy atom. The number of fused-ring (bicyclic) bond motifs is 1. The van der Waals surface area contributed by atoms with Crippen molar-refractivity contribution in [2.45, 2.75) is 11.7 Å². The molecule has 0 radical (unpaired) electrons. The molecule has 1 heterocycles. The molecule has 0 aliphatic carbocycles. The Morgan fingerprint density at radius 2 is 1.84 bits per heavy atom. The third kappa shape index (κ3) is 4.95. The van der Waals surface area contributed by atoms with Crippen LogP contribution >= 0.6 is 23.4 Å². The topological polar surface area (TPSA) is 64.0 Å². The second kappa shape index (κ2) is 9.32. The van der Waals surface area contributed by atoms with Gasteiger partial charge in [-0.2, -0.15) is 0 Å². The van der Waals surface area contributed by atoms with Crippen LogP contribution in [0.3, 0.4) is 0 Å². The average Bonchev–Trinajstić information content (AvgIpc) is 2.77. The maximum absolute atomic E-state index is 13.4. The summed E-state index contributed by atoms with van der Waals surface area (Å²) < 4.78 is 14.8. The van der Waals surface area contributed by atoms with E-state index in [1.807, 2.05) is 12.1 Å². The quantitative estimate of drug-likeness (QED) is 0.342. The first-order valence-electron chi connectivity index (χ1n) is 9.43. The minimum atomic E-state index is -0.403. The van der Waals surface area contributed by atoms with Crippen LogP contribution in [0, 0.1) is 5.82 Å². The van der Waals surface area contributed by atoms with Crippen LogP contribution in [0.25, 0.3) is 16.6 Å². The number of carbonyl (C=O) groups is 1. The number of rotatable bonds is 6. The Hall–Kier alpha value is -3.16. The Kier molecular flexibility index (Phi) is 6.34. The number of benzene rings is 3. The standard InChI is InChI=1S/C23H17ClFN3O2S/c24-16-5-3-4-15(12-16)13-26-21(29)14-31-23-27-20-7-2-1-6-19(20)22(30)28(23)18-10-8-17(25)9-11-18/h1-12H,13-14H2,(H,26,29). The zero-order valence-corrected chi connectivity index (χ0v) is 17.8. The van der Waals surface area contributed by atoms with Crippen LogP contribution in [-0.4, -0.2) is 21.2 Å². The molecule has 0 aliphatic heterocycles. The number of aromatic nitrogens is 2. The summed E-state index contributed by atoms with van der Waals surface area (Å²) in [5.41, 5.74) is 1.62. The molecule has 4 rings (SSSR count). The molecule has 3 aromatic carbocycles. The summed E-state index contributed by atoms with van der Waals surface area (Å²) in [4.78, 5) is 30.1. The lowest BCUT2D eigenvalue weighted by Crippen LogP contribution is -2.26. The minimum absolute atomic E-state index is 0.0620. The summed E-state index contributed by atoms with van der Waals surface area (Å²) in [5.74, 6) is -0.551. The number of hydrogen-bond acceptors (Lipinski definition) is 4. The number of carbonyl (C=O) groups excluding carboxylic acids is 1. The van der Waals surface area contributed by atoms with E-state index in [1.165, 1.54) is 28.8 Å². The van der Waals surface area contributed by atoms with E-state index < -0.39 is 5.82 Å². The molecule has 156 valence electrons. The van der Waals surface area contributed by atoms with Crippen LogP contribution in [0.15, 0.2) is 82.7 Å². The van der Waals surface area contributed by atoms with Crippen molar-refractivity contribution in [1.82, 2.24) is 14.9 Å². The zero-order chi connectivity index (χ0) is 21.8. The minimum Gasteiger partial charge on any atom is -0.351 e. The Morgan fingerprint density at radius 1 is 1.06 bits per heavy atom. The van der Waals surface area contributed by atoms with Crippen LogP contribution in [0.1, 0.15) is 5.56 Å². The van der Waals surface area contributed by atoms with E-state index in [1.54, 1.807) is 36.4 Å². The molecule has 1 aromatic heterocycles. The van der Waals surface area contributed by atoms with Gasteiger partial charge in [0, 0.05) is 11.6 Å². The fourth-order valence-electron chi connectivity index (χ4n) is 3.06. The summed E-state index contributed by atoms with van der Waals surface area (Å²) in [6.45, 7) is 0.343. The molecule has 1 amide bonds. The Balaban J connectivity index is 1.59. The second-order valence-corrected chi connectivity index (χ2v) is 8.10. The van der Waals surface area contributed by atoms with Gasteiger partial charge in [-0.15, -0.1) is 0 Å². The van der Waals surface area contributed by atoms with E-state index in [4.69, 9.17) is 11.6 Å². The predicted octanol–water partition coefficient (Wildman–Crippen LogP) is 4.59. The average molecular weight is 454 g/mol. The van der Waals surface area contributed by atoms with Gasteiger partial charge in [0.15, 0.2) is 5.16 Å². The number of nitrogens with one attached hydrogen (secondary N) is 1. The fraction of sp³-hybridized carbons (Fsp3) is 0.0870. The Bertz CT molecular complexity index is 1310. The highest BCUT2D eigenvalue weighted by atomic mass is 35.5. The summed E-state index contributed by atoms with van der Waals surface area (Å²) >= 11 is 7.11. The largest absolute Gasteiger partial charge is 0.351 e. The lowest BCUT2D eigenvalue weighted by Gasteiger charge is -2.13. The number of para-hydroxylation sites is 1. The van der Waals surface area contributed by atoms with Gasteiger partial charge >= 0.3 is 0 Å². The van der Waals surface area contributed by atoms with Gasteiger partial charge in [-0.25, -0.2) is 9.37 Å². The summed E-state index contributed by atoms with van der Waals surface area (Å²) in [6, 6.07) is 19.8. The van der Waals surface area contributed by atoms with Crippen LogP contribution in [0.5, 0.6) is 0 Å².